The molecular formula is C13H25N3. The van der Waals surface area contributed by atoms with Crippen LogP contribution in [0.25, 0.3) is 0 Å². The number of rotatable bonds is 6. The van der Waals surface area contributed by atoms with Crippen molar-refractivity contribution in [2.45, 2.75) is 37.8 Å². The van der Waals surface area contributed by atoms with Crippen molar-refractivity contribution in [3.05, 3.63) is 12.7 Å². The highest BCUT2D eigenvalue weighted by molar-refractivity contribution is 4.88. The molecule has 1 heterocycles. The molecular weight excluding hydrogens is 198 g/mol. The van der Waals surface area contributed by atoms with Crippen molar-refractivity contribution in [3.8, 4) is 0 Å². The molecule has 0 aromatic rings. The van der Waals surface area contributed by atoms with E-state index in [1.807, 2.05) is 6.08 Å². The monoisotopic (exact) mass is 223 g/mol. The van der Waals surface area contributed by atoms with Gasteiger partial charge in [0, 0.05) is 31.7 Å². The lowest BCUT2D eigenvalue weighted by Gasteiger charge is -2.32. The Morgan fingerprint density at radius 1 is 1.25 bits per heavy atom. The van der Waals surface area contributed by atoms with E-state index in [2.05, 4.69) is 16.4 Å². The number of likely N-dealkylation sites (tertiary alicyclic amines) is 1. The standard InChI is InChI=1S/C13H25N3/c1-2-7-16(13-3-4-13)11-10-15-8-5-12(14)6-9-15/h2,12-13H,1,3-11,14H2. The van der Waals surface area contributed by atoms with Crippen LogP contribution >= 0.6 is 0 Å². The third-order valence-electron chi connectivity index (χ3n) is 3.76. The number of piperidine rings is 1. The van der Waals surface area contributed by atoms with Gasteiger partial charge in [-0.25, -0.2) is 0 Å². The summed E-state index contributed by atoms with van der Waals surface area (Å²) in [5.41, 5.74) is 5.91. The Kier molecular flexibility index (Phi) is 4.38. The maximum atomic E-state index is 5.91. The number of nitrogens with zero attached hydrogens (tertiary/aromatic N) is 2. The summed E-state index contributed by atoms with van der Waals surface area (Å²) in [5.74, 6) is 0. The second kappa shape index (κ2) is 5.80. The highest BCUT2D eigenvalue weighted by Gasteiger charge is 2.28. The molecule has 0 aromatic heterocycles. The molecule has 2 aliphatic rings. The average molecular weight is 223 g/mol. The van der Waals surface area contributed by atoms with Crippen LogP contribution in [0.4, 0.5) is 0 Å². The second-order valence-corrected chi connectivity index (χ2v) is 5.19. The zero-order chi connectivity index (χ0) is 11.4. The fourth-order valence-electron chi connectivity index (χ4n) is 2.47. The number of nitrogens with two attached hydrogens (primary N) is 1. The lowest BCUT2D eigenvalue weighted by molar-refractivity contribution is 0.176. The molecule has 2 fully saturated rings. The van der Waals surface area contributed by atoms with Gasteiger partial charge in [0.05, 0.1) is 0 Å². The molecule has 3 heteroatoms. The molecule has 2 rings (SSSR count). The van der Waals surface area contributed by atoms with Crippen LogP contribution in [-0.2, 0) is 0 Å². The van der Waals surface area contributed by atoms with Gasteiger partial charge in [-0.05, 0) is 38.8 Å². The van der Waals surface area contributed by atoms with Gasteiger partial charge in [-0.1, -0.05) is 6.08 Å². The van der Waals surface area contributed by atoms with Gasteiger partial charge in [0.25, 0.3) is 0 Å². The first kappa shape index (κ1) is 12.1. The van der Waals surface area contributed by atoms with Crippen LogP contribution in [-0.4, -0.2) is 54.6 Å². The van der Waals surface area contributed by atoms with Gasteiger partial charge in [0.1, 0.15) is 0 Å². The van der Waals surface area contributed by atoms with E-state index in [0.717, 1.165) is 12.6 Å². The molecule has 1 saturated heterocycles. The summed E-state index contributed by atoms with van der Waals surface area (Å²) in [6.07, 6.45) is 7.15. The van der Waals surface area contributed by atoms with E-state index in [0.29, 0.717) is 6.04 Å². The first-order valence-corrected chi connectivity index (χ1v) is 6.62. The highest BCUT2D eigenvalue weighted by atomic mass is 15.2. The van der Waals surface area contributed by atoms with Gasteiger partial charge in [0.2, 0.25) is 0 Å². The van der Waals surface area contributed by atoms with Crippen LogP contribution in [0.2, 0.25) is 0 Å². The maximum absolute atomic E-state index is 5.91. The highest BCUT2D eigenvalue weighted by Crippen LogP contribution is 2.26. The molecule has 0 bridgehead atoms. The van der Waals surface area contributed by atoms with E-state index in [-0.39, 0.29) is 0 Å². The van der Waals surface area contributed by atoms with Crippen molar-refractivity contribution in [2.24, 2.45) is 5.73 Å². The third kappa shape index (κ3) is 3.58. The molecule has 0 radical (unpaired) electrons. The fourth-order valence-corrected chi connectivity index (χ4v) is 2.47. The molecule has 92 valence electrons. The summed E-state index contributed by atoms with van der Waals surface area (Å²) < 4.78 is 0. The number of hydrogen-bond donors (Lipinski definition) is 1. The largest absolute Gasteiger partial charge is 0.328 e. The van der Waals surface area contributed by atoms with Crippen molar-refractivity contribution in [1.82, 2.24) is 9.80 Å². The van der Waals surface area contributed by atoms with Crippen LogP contribution in [0.3, 0.4) is 0 Å². The second-order valence-electron chi connectivity index (χ2n) is 5.19. The summed E-state index contributed by atoms with van der Waals surface area (Å²) in [6.45, 7) is 9.68. The quantitative estimate of drug-likeness (QED) is 0.683. The molecule has 0 amide bonds. The van der Waals surface area contributed by atoms with Gasteiger partial charge in [0.15, 0.2) is 0 Å². The predicted octanol–water partition coefficient (Wildman–Crippen LogP) is 1.06. The van der Waals surface area contributed by atoms with Crippen molar-refractivity contribution < 1.29 is 0 Å². The molecule has 1 saturated carbocycles. The van der Waals surface area contributed by atoms with Gasteiger partial charge in [-0.2, -0.15) is 0 Å². The van der Waals surface area contributed by atoms with E-state index in [9.17, 15) is 0 Å². The number of hydrogen-bond acceptors (Lipinski definition) is 3. The van der Waals surface area contributed by atoms with Crippen LogP contribution < -0.4 is 5.73 Å². The normalized spacial score (nSPS) is 23.9. The van der Waals surface area contributed by atoms with E-state index in [1.54, 1.807) is 0 Å². The Morgan fingerprint density at radius 2 is 1.94 bits per heavy atom. The molecule has 0 aromatic carbocycles. The van der Waals surface area contributed by atoms with Crippen LogP contribution in [0.1, 0.15) is 25.7 Å². The first-order valence-electron chi connectivity index (χ1n) is 6.62. The van der Waals surface area contributed by atoms with Crippen molar-refractivity contribution in [1.29, 1.82) is 0 Å². The van der Waals surface area contributed by atoms with E-state index >= 15 is 0 Å². The zero-order valence-electron chi connectivity index (χ0n) is 10.3. The van der Waals surface area contributed by atoms with Gasteiger partial charge >= 0.3 is 0 Å². The van der Waals surface area contributed by atoms with E-state index < -0.39 is 0 Å². The Hall–Kier alpha value is -0.380. The minimum atomic E-state index is 0.448. The van der Waals surface area contributed by atoms with E-state index in [4.69, 9.17) is 5.73 Å². The zero-order valence-corrected chi connectivity index (χ0v) is 10.3. The molecule has 0 spiro atoms. The summed E-state index contributed by atoms with van der Waals surface area (Å²) >= 11 is 0. The van der Waals surface area contributed by atoms with E-state index in [1.165, 1.54) is 51.9 Å². The Bertz CT molecular complexity index is 217. The fraction of sp³-hybridized carbons (Fsp3) is 0.846. The molecule has 2 N–H and O–H groups in total. The Balaban J connectivity index is 1.66. The predicted molar refractivity (Wildman–Crippen MR) is 68.4 cm³/mol. The average Bonchev–Trinajstić information content (AvgIpc) is 3.10. The topological polar surface area (TPSA) is 32.5 Å². The lowest BCUT2D eigenvalue weighted by atomic mass is 10.1. The van der Waals surface area contributed by atoms with Gasteiger partial charge < -0.3 is 10.6 Å². The minimum Gasteiger partial charge on any atom is -0.328 e. The lowest BCUT2D eigenvalue weighted by Crippen LogP contribution is -2.43. The first-order chi connectivity index (χ1) is 7.79. The summed E-state index contributed by atoms with van der Waals surface area (Å²) in [6, 6.07) is 1.30. The smallest absolute Gasteiger partial charge is 0.0164 e. The molecule has 0 unspecified atom stereocenters. The van der Waals surface area contributed by atoms with Crippen molar-refractivity contribution in [2.75, 3.05) is 32.7 Å². The Labute approximate surface area is 99.3 Å². The van der Waals surface area contributed by atoms with Crippen LogP contribution in [0.5, 0.6) is 0 Å². The van der Waals surface area contributed by atoms with Gasteiger partial charge in [-0.3, -0.25) is 4.90 Å². The molecule has 16 heavy (non-hydrogen) atoms. The summed E-state index contributed by atoms with van der Waals surface area (Å²) in [5, 5.41) is 0. The molecule has 3 nitrogen and oxygen atoms in total. The SMILES string of the molecule is C=CCN(CCN1CCC(N)CC1)C1CC1. The molecule has 1 aliphatic heterocycles. The maximum Gasteiger partial charge on any atom is 0.0164 e. The summed E-state index contributed by atoms with van der Waals surface area (Å²) in [4.78, 5) is 5.13. The summed E-state index contributed by atoms with van der Waals surface area (Å²) in [7, 11) is 0. The Morgan fingerprint density at radius 3 is 2.50 bits per heavy atom. The minimum absolute atomic E-state index is 0.448. The molecule has 1 aliphatic carbocycles. The third-order valence-corrected chi connectivity index (χ3v) is 3.76. The molecule has 0 atom stereocenters. The van der Waals surface area contributed by atoms with Crippen molar-refractivity contribution in [3.63, 3.8) is 0 Å². The van der Waals surface area contributed by atoms with Gasteiger partial charge in [-0.15, -0.1) is 6.58 Å². The van der Waals surface area contributed by atoms with Crippen LogP contribution in [0.15, 0.2) is 12.7 Å². The van der Waals surface area contributed by atoms with Crippen molar-refractivity contribution >= 4 is 0 Å². The van der Waals surface area contributed by atoms with Crippen LogP contribution in [0, 0.1) is 0 Å².